The molecule has 4 nitrogen and oxygen atoms in total. The van der Waals surface area contributed by atoms with E-state index in [9.17, 15) is 13.5 Å². The Balaban J connectivity index is 2.01. The van der Waals surface area contributed by atoms with E-state index in [1.807, 2.05) is 12.1 Å². The Bertz CT molecular complexity index is 538. The third kappa shape index (κ3) is 3.35. The summed E-state index contributed by atoms with van der Waals surface area (Å²) in [6, 6.07) is 8.13. The van der Waals surface area contributed by atoms with Gasteiger partial charge in [0, 0.05) is 5.41 Å². The van der Waals surface area contributed by atoms with Crippen molar-refractivity contribution in [3.8, 4) is 0 Å². The van der Waals surface area contributed by atoms with E-state index in [-0.39, 0.29) is 17.8 Å². The maximum absolute atomic E-state index is 10.7. The van der Waals surface area contributed by atoms with Gasteiger partial charge in [0.05, 0.1) is 12.4 Å². The van der Waals surface area contributed by atoms with Crippen molar-refractivity contribution >= 4 is 10.1 Å². The van der Waals surface area contributed by atoms with Crippen molar-refractivity contribution in [3.63, 3.8) is 0 Å². The number of rotatable bonds is 6. The van der Waals surface area contributed by atoms with Crippen molar-refractivity contribution in [2.45, 2.75) is 37.5 Å². The summed E-state index contributed by atoms with van der Waals surface area (Å²) in [5.74, 6) is -0.198. The highest BCUT2D eigenvalue weighted by atomic mass is 32.2. The highest BCUT2D eigenvalue weighted by Crippen LogP contribution is 2.42. The van der Waals surface area contributed by atoms with E-state index < -0.39 is 10.1 Å². The van der Waals surface area contributed by atoms with Crippen LogP contribution in [0.4, 0.5) is 0 Å². The summed E-state index contributed by atoms with van der Waals surface area (Å²) in [6.07, 6.45) is 3.76. The fourth-order valence-corrected chi connectivity index (χ4v) is 3.58. The summed E-state index contributed by atoms with van der Waals surface area (Å²) in [6.45, 7) is 0.0931. The number of hydrogen-bond acceptors (Lipinski definition) is 3. The molecule has 0 amide bonds. The summed E-state index contributed by atoms with van der Waals surface area (Å²) in [7, 11) is -3.87. The van der Waals surface area contributed by atoms with Gasteiger partial charge in [-0.05, 0) is 36.8 Å². The lowest BCUT2D eigenvalue weighted by Gasteiger charge is -2.28. The molecular weight excluding hydrogens is 264 g/mol. The molecule has 0 spiro atoms. The van der Waals surface area contributed by atoms with Crippen molar-refractivity contribution in [1.82, 2.24) is 0 Å². The fourth-order valence-electron chi connectivity index (χ4n) is 3.02. The molecule has 0 radical (unpaired) electrons. The van der Waals surface area contributed by atoms with Gasteiger partial charge in [0.25, 0.3) is 10.1 Å². The second-order valence-corrected chi connectivity index (χ2v) is 6.91. The average molecular weight is 284 g/mol. The second-order valence-electron chi connectivity index (χ2n) is 5.34. The zero-order valence-electron chi connectivity index (χ0n) is 10.9. The molecule has 106 valence electrons. The van der Waals surface area contributed by atoms with Gasteiger partial charge in [0.1, 0.15) is 0 Å². The van der Waals surface area contributed by atoms with E-state index in [2.05, 4.69) is 12.1 Å². The van der Waals surface area contributed by atoms with Crippen LogP contribution in [0, 0.1) is 0 Å². The van der Waals surface area contributed by atoms with E-state index in [1.165, 1.54) is 11.1 Å². The number of aryl methyl sites for hydroxylation is 1. The molecule has 1 aliphatic rings. The topological polar surface area (TPSA) is 74.6 Å². The Morgan fingerprint density at radius 2 is 1.95 bits per heavy atom. The zero-order chi connectivity index (χ0) is 13.9. The van der Waals surface area contributed by atoms with Gasteiger partial charge in [-0.3, -0.25) is 4.55 Å². The summed E-state index contributed by atoms with van der Waals surface area (Å²) in [4.78, 5) is 0. The minimum absolute atomic E-state index is 0.0931. The smallest absolute Gasteiger partial charge is 0.264 e. The molecule has 0 heterocycles. The van der Waals surface area contributed by atoms with Crippen LogP contribution < -0.4 is 0 Å². The molecule has 0 aromatic heterocycles. The standard InChI is InChI=1S/C14H20O4S/c15-11-14(8-3-4-10-19(16,17)18)9-7-12-5-1-2-6-13(12)14/h1-2,5-6,15H,3-4,7-11H2,(H,16,17,18). The highest BCUT2D eigenvalue weighted by molar-refractivity contribution is 7.85. The lowest BCUT2D eigenvalue weighted by atomic mass is 9.78. The second kappa shape index (κ2) is 5.61. The average Bonchev–Trinajstić information content (AvgIpc) is 2.74. The van der Waals surface area contributed by atoms with Gasteiger partial charge in [-0.15, -0.1) is 0 Å². The molecule has 0 aliphatic heterocycles. The molecule has 0 saturated carbocycles. The number of hydrogen-bond donors (Lipinski definition) is 2. The molecule has 1 unspecified atom stereocenters. The predicted octanol–water partition coefficient (Wildman–Crippen LogP) is 1.92. The van der Waals surface area contributed by atoms with Crippen molar-refractivity contribution in [1.29, 1.82) is 0 Å². The first-order valence-electron chi connectivity index (χ1n) is 6.61. The van der Waals surface area contributed by atoms with E-state index in [1.54, 1.807) is 0 Å². The molecular formula is C14H20O4S. The van der Waals surface area contributed by atoms with E-state index in [4.69, 9.17) is 4.55 Å². The number of benzene rings is 1. The minimum Gasteiger partial charge on any atom is -0.395 e. The van der Waals surface area contributed by atoms with Crippen LogP contribution in [-0.4, -0.2) is 30.4 Å². The maximum atomic E-state index is 10.7. The first-order chi connectivity index (χ1) is 8.97. The Morgan fingerprint density at radius 1 is 1.21 bits per heavy atom. The molecule has 1 aliphatic carbocycles. The normalized spacial score (nSPS) is 22.4. The van der Waals surface area contributed by atoms with Gasteiger partial charge in [0.2, 0.25) is 0 Å². The van der Waals surface area contributed by atoms with Crippen LogP contribution in [0.15, 0.2) is 24.3 Å². The van der Waals surface area contributed by atoms with Crippen LogP contribution in [0.3, 0.4) is 0 Å². The van der Waals surface area contributed by atoms with Crippen molar-refractivity contribution in [2.75, 3.05) is 12.4 Å². The Labute approximate surface area is 114 Å². The zero-order valence-corrected chi connectivity index (χ0v) is 11.7. The Kier molecular flexibility index (Phi) is 4.28. The first-order valence-corrected chi connectivity index (χ1v) is 8.22. The number of fused-ring (bicyclic) bond motifs is 1. The number of unbranched alkanes of at least 4 members (excludes halogenated alkanes) is 1. The highest BCUT2D eigenvalue weighted by Gasteiger charge is 2.37. The molecule has 0 saturated heterocycles. The largest absolute Gasteiger partial charge is 0.395 e. The Morgan fingerprint density at radius 3 is 2.63 bits per heavy atom. The van der Waals surface area contributed by atoms with Gasteiger partial charge >= 0.3 is 0 Å². The molecule has 19 heavy (non-hydrogen) atoms. The molecule has 1 aromatic carbocycles. The van der Waals surface area contributed by atoms with Gasteiger partial charge < -0.3 is 5.11 Å². The van der Waals surface area contributed by atoms with Gasteiger partial charge in [-0.2, -0.15) is 8.42 Å². The van der Waals surface area contributed by atoms with Crippen LogP contribution >= 0.6 is 0 Å². The maximum Gasteiger partial charge on any atom is 0.264 e. The lowest BCUT2D eigenvalue weighted by Crippen LogP contribution is -2.28. The fraction of sp³-hybridized carbons (Fsp3) is 0.571. The monoisotopic (exact) mass is 284 g/mol. The molecule has 0 fully saturated rings. The summed E-state index contributed by atoms with van der Waals surface area (Å²) < 4.78 is 30.1. The number of aliphatic hydroxyl groups is 1. The lowest BCUT2D eigenvalue weighted by molar-refractivity contribution is 0.180. The number of aliphatic hydroxyl groups excluding tert-OH is 1. The summed E-state index contributed by atoms with van der Waals surface area (Å²) in [5.41, 5.74) is 2.26. The molecule has 1 atom stereocenters. The minimum atomic E-state index is -3.87. The molecule has 2 N–H and O–H groups in total. The molecule has 2 rings (SSSR count). The Hall–Kier alpha value is -0.910. The molecule has 0 bridgehead atoms. The van der Waals surface area contributed by atoms with Gasteiger partial charge in [0.15, 0.2) is 0 Å². The summed E-state index contributed by atoms with van der Waals surface area (Å²) in [5, 5.41) is 9.75. The third-order valence-electron chi connectivity index (χ3n) is 4.07. The molecule has 5 heteroatoms. The van der Waals surface area contributed by atoms with E-state index >= 15 is 0 Å². The van der Waals surface area contributed by atoms with Crippen LogP contribution in [0.1, 0.15) is 36.8 Å². The van der Waals surface area contributed by atoms with Gasteiger partial charge in [-0.25, -0.2) is 0 Å². The van der Waals surface area contributed by atoms with Crippen molar-refractivity contribution in [2.24, 2.45) is 0 Å². The van der Waals surface area contributed by atoms with Crippen molar-refractivity contribution in [3.05, 3.63) is 35.4 Å². The third-order valence-corrected chi connectivity index (χ3v) is 4.88. The molecule has 1 aromatic rings. The SMILES string of the molecule is O=S(=O)(O)CCCCC1(CO)CCc2ccccc21. The van der Waals surface area contributed by atoms with Crippen LogP contribution in [0.25, 0.3) is 0 Å². The van der Waals surface area contributed by atoms with Crippen molar-refractivity contribution < 1.29 is 18.1 Å². The summed E-state index contributed by atoms with van der Waals surface area (Å²) >= 11 is 0. The quantitative estimate of drug-likeness (QED) is 0.618. The van der Waals surface area contributed by atoms with Crippen LogP contribution in [0.2, 0.25) is 0 Å². The van der Waals surface area contributed by atoms with E-state index in [0.29, 0.717) is 12.8 Å². The van der Waals surface area contributed by atoms with Gasteiger partial charge in [-0.1, -0.05) is 30.7 Å². The van der Waals surface area contributed by atoms with Crippen LogP contribution in [-0.2, 0) is 22.0 Å². The predicted molar refractivity (Wildman–Crippen MR) is 73.8 cm³/mol. The first kappa shape index (κ1) is 14.5. The van der Waals surface area contributed by atoms with Crippen LogP contribution in [0.5, 0.6) is 0 Å². The van der Waals surface area contributed by atoms with E-state index in [0.717, 1.165) is 19.3 Å².